The molecule has 2 aliphatic heterocycles. The van der Waals surface area contributed by atoms with Gasteiger partial charge in [-0.25, -0.2) is 0 Å². The van der Waals surface area contributed by atoms with Crippen molar-refractivity contribution in [2.45, 2.75) is 11.8 Å². The highest BCUT2D eigenvalue weighted by atomic mass is 79.9. The van der Waals surface area contributed by atoms with Gasteiger partial charge in [0.2, 0.25) is 0 Å². The molecule has 1 spiro atoms. The van der Waals surface area contributed by atoms with Gasteiger partial charge in [-0.2, -0.15) is 0 Å². The van der Waals surface area contributed by atoms with Crippen molar-refractivity contribution in [3.63, 3.8) is 0 Å². The maximum Gasteiger partial charge on any atom is 0.0581 e. The normalized spacial score (nSPS) is 29.2. The summed E-state index contributed by atoms with van der Waals surface area (Å²) in [6.45, 7) is 2.80. The minimum Gasteiger partial charge on any atom is -0.384 e. The molecule has 1 fully saturated rings. The van der Waals surface area contributed by atoms with Crippen LogP contribution in [0.2, 0.25) is 0 Å². The van der Waals surface area contributed by atoms with Gasteiger partial charge in [-0.05, 0) is 24.1 Å². The van der Waals surface area contributed by atoms with Crippen LogP contribution in [0, 0.1) is 0 Å². The zero-order valence-electron chi connectivity index (χ0n) is 7.85. The van der Waals surface area contributed by atoms with Gasteiger partial charge in [-0.1, -0.05) is 22.0 Å². The van der Waals surface area contributed by atoms with Gasteiger partial charge in [0.1, 0.15) is 0 Å². The van der Waals surface area contributed by atoms with Crippen molar-refractivity contribution in [2.24, 2.45) is 0 Å². The lowest BCUT2D eigenvalue weighted by molar-refractivity contribution is 0.181. The van der Waals surface area contributed by atoms with E-state index < -0.39 is 0 Å². The molecule has 3 heteroatoms. The smallest absolute Gasteiger partial charge is 0.0581 e. The van der Waals surface area contributed by atoms with E-state index >= 15 is 0 Å². The first-order valence-electron chi connectivity index (χ1n) is 4.92. The third kappa shape index (κ3) is 1.12. The van der Waals surface area contributed by atoms with Crippen molar-refractivity contribution < 1.29 is 4.74 Å². The standard InChI is InChI=1S/C11H12BrNO/c12-8-1-2-9-10(5-8)13-6-11(9)3-4-14-7-11/h1-2,5,13H,3-4,6-7H2/t11-/m0/s1. The first-order valence-corrected chi connectivity index (χ1v) is 5.71. The van der Waals surface area contributed by atoms with E-state index in [1.807, 2.05) is 0 Å². The summed E-state index contributed by atoms with van der Waals surface area (Å²) < 4.78 is 6.66. The number of anilines is 1. The third-order valence-corrected chi connectivity index (χ3v) is 3.77. The lowest BCUT2D eigenvalue weighted by Gasteiger charge is -2.20. The molecule has 2 heterocycles. The second-order valence-electron chi connectivity index (χ2n) is 4.13. The van der Waals surface area contributed by atoms with Gasteiger partial charge in [-0.3, -0.25) is 0 Å². The zero-order valence-corrected chi connectivity index (χ0v) is 9.43. The van der Waals surface area contributed by atoms with Crippen molar-refractivity contribution in [2.75, 3.05) is 25.1 Å². The average molecular weight is 254 g/mol. The molecule has 3 rings (SSSR count). The van der Waals surface area contributed by atoms with Gasteiger partial charge in [0.15, 0.2) is 0 Å². The number of halogens is 1. The fourth-order valence-electron chi connectivity index (χ4n) is 2.44. The minimum atomic E-state index is 0.260. The first-order chi connectivity index (χ1) is 6.80. The number of hydrogen-bond donors (Lipinski definition) is 1. The maximum atomic E-state index is 5.52. The summed E-state index contributed by atoms with van der Waals surface area (Å²) in [4.78, 5) is 0. The van der Waals surface area contributed by atoms with Crippen molar-refractivity contribution in [3.05, 3.63) is 28.2 Å². The van der Waals surface area contributed by atoms with Crippen molar-refractivity contribution in [1.29, 1.82) is 0 Å². The Balaban J connectivity index is 2.09. The summed E-state index contributed by atoms with van der Waals surface area (Å²) >= 11 is 3.49. The van der Waals surface area contributed by atoms with Crippen LogP contribution in [-0.2, 0) is 10.2 Å². The summed E-state index contributed by atoms with van der Waals surface area (Å²) in [6.07, 6.45) is 1.15. The van der Waals surface area contributed by atoms with E-state index in [1.165, 1.54) is 11.3 Å². The molecule has 0 saturated carbocycles. The van der Waals surface area contributed by atoms with E-state index in [4.69, 9.17) is 4.74 Å². The first kappa shape index (κ1) is 8.74. The summed E-state index contributed by atoms with van der Waals surface area (Å²) in [5.74, 6) is 0. The summed E-state index contributed by atoms with van der Waals surface area (Å²) in [5, 5.41) is 3.46. The molecular formula is C11H12BrNO. The second-order valence-corrected chi connectivity index (χ2v) is 5.04. The molecule has 0 radical (unpaired) electrons. The SMILES string of the molecule is Brc1ccc2c(c1)NC[C@]21CCOC1. The van der Waals surface area contributed by atoms with Gasteiger partial charge in [0, 0.05) is 28.7 Å². The van der Waals surface area contributed by atoms with Gasteiger partial charge in [-0.15, -0.1) is 0 Å². The molecule has 0 aromatic heterocycles. The zero-order chi connectivity index (χ0) is 9.60. The molecule has 1 aromatic rings. The lowest BCUT2D eigenvalue weighted by Crippen LogP contribution is -2.28. The maximum absolute atomic E-state index is 5.52. The molecular weight excluding hydrogens is 242 g/mol. The third-order valence-electron chi connectivity index (χ3n) is 3.27. The van der Waals surface area contributed by atoms with Crippen molar-refractivity contribution >= 4 is 21.6 Å². The highest BCUT2D eigenvalue weighted by Crippen LogP contribution is 2.43. The molecule has 2 aliphatic rings. The predicted octanol–water partition coefficient (Wildman–Crippen LogP) is 2.53. The topological polar surface area (TPSA) is 21.3 Å². The van der Waals surface area contributed by atoms with Crippen molar-refractivity contribution in [3.8, 4) is 0 Å². The Labute approximate surface area is 91.8 Å². The monoisotopic (exact) mass is 253 g/mol. The Morgan fingerprint density at radius 3 is 3.14 bits per heavy atom. The van der Waals surface area contributed by atoms with Crippen LogP contribution < -0.4 is 5.32 Å². The summed E-state index contributed by atoms with van der Waals surface area (Å²) in [6, 6.07) is 6.49. The number of fused-ring (bicyclic) bond motifs is 2. The van der Waals surface area contributed by atoms with E-state index in [-0.39, 0.29) is 5.41 Å². The average Bonchev–Trinajstić information content (AvgIpc) is 2.77. The van der Waals surface area contributed by atoms with Crippen molar-refractivity contribution in [1.82, 2.24) is 0 Å². The molecule has 0 bridgehead atoms. The van der Waals surface area contributed by atoms with E-state index in [1.54, 1.807) is 0 Å². The summed E-state index contributed by atoms with van der Waals surface area (Å²) in [5.41, 5.74) is 2.96. The molecule has 14 heavy (non-hydrogen) atoms. The number of hydrogen-bond acceptors (Lipinski definition) is 2. The molecule has 1 atom stereocenters. The van der Waals surface area contributed by atoms with E-state index in [0.29, 0.717) is 0 Å². The number of nitrogens with one attached hydrogen (secondary N) is 1. The fourth-order valence-corrected chi connectivity index (χ4v) is 2.80. The van der Waals surface area contributed by atoms with Crippen LogP contribution in [0.4, 0.5) is 5.69 Å². The van der Waals surface area contributed by atoms with Crippen LogP contribution in [0.5, 0.6) is 0 Å². The molecule has 0 amide bonds. The number of benzene rings is 1. The van der Waals surface area contributed by atoms with Crippen LogP contribution in [0.1, 0.15) is 12.0 Å². The van der Waals surface area contributed by atoms with Crippen LogP contribution in [0.3, 0.4) is 0 Å². The Kier molecular flexibility index (Phi) is 1.86. The highest BCUT2D eigenvalue weighted by Gasteiger charge is 2.41. The van der Waals surface area contributed by atoms with Crippen LogP contribution in [-0.4, -0.2) is 19.8 Å². The largest absolute Gasteiger partial charge is 0.384 e. The number of ether oxygens (including phenoxy) is 1. The number of rotatable bonds is 0. The Bertz CT molecular complexity index is 372. The molecule has 2 nitrogen and oxygen atoms in total. The fraction of sp³-hybridized carbons (Fsp3) is 0.455. The predicted molar refractivity (Wildman–Crippen MR) is 59.7 cm³/mol. The molecule has 74 valence electrons. The lowest BCUT2D eigenvalue weighted by atomic mass is 9.82. The van der Waals surface area contributed by atoms with E-state index in [2.05, 4.69) is 39.4 Å². The van der Waals surface area contributed by atoms with Gasteiger partial charge in [0.05, 0.1) is 6.61 Å². The Morgan fingerprint density at radius 2 is 2.36 bits per heavy atom. The second kappa shape index (κ2) is 2.97. The highest BCUT2D eigenvalue weighted by molar-refractivity contribution is 9.10. The van der Waals surface area contributed by atoms with E-state index in [0.717, 1.165) is 30.7 Å². The molecule has 0 unspecified atom stereocenters. The molecule has 1 saturated heterocycles. The van der Waals surface area contributed by atoms with Gasteiger partial charge < -0.3 is 10.1 Å². The molecule has 0 aliphatic carbocycles. The Hall–Kier alpha value is -0.540. The van der Waals surface area contributed by atoms with Crippen LogP contribution >= 0.6 is 15.9 Å². The van der Waals surface area contributed by atoms with Crippen LogP contribution in [0.15, 0.2) is 22.7 Å². The summed E-state index contributed by atoms with van der Waals surface area (Å²) in [7, 11) is 0. The quantitative estimate of drug-likeness (QED) is 0.768. The van der Waals surface area contributed by atoms with E-state index in [9.17, 15) is 0 Å². The van der Waals surface area contributed by atoms with Gasteiger partial charge >= 0.3 is 0 Å². The molecule has 1 aromatic carbocycles. The molecule has 1 N–H and O–H groups in total. The van der Waals surface area contributed by atoms with Crippen LogP contribution in [0.25, 0.3) is 0 Å². The Morgan fingerprint density at radius 1 is 1.43 bits per heavy atom. The minimum absolute atomic E-state index is 0.260. The van der Waals surface area contributed by atoms with Gasteiger partial charge in [0.25, 0.3) is 0 Å².